The van der Waals surface area contributed by atoms with E-state index in [0.29, 0.717) is 34.8 Å². The molecule has 0 spiro atoms. The summed E-state index contributed by atoms with van der Waals surface area (Å²) in [5, 5.41) is 1.07. The molecule has 0 aliphatic heterocycles. The molecule has 4 N–H and O–H groups in total. The smallest absolute Gasteiger partial charge is 0.156 e. The number of ether oxygens (including phenoxy) is 1. The Kier molecular flexibility index (Phi) is 6.06. The number of methoxy groups -OCH3 is 1. The minimum atomic E-state index is 0.342. The van der Waals surface area contributed by atoms with Crippen LogP contribution in [-0.2, 0) is 6.42 Å². The molecule has 1 rings (SSSR count). The molecule has 0 saturated heterocycles. The van der Waals surface area contributed by atoms with Crippen molar-refractivity contribution >= 4 is 23.2 Å². The van der Waals surface area contributed by atoms with Gasteiger partial charge >= 0.3 is 0 Å². The number of benzene rings is 1. The van der Waals surface area contributed by atoms with E-state index in [9.17, 15) is 0 Å². The zero-order chi connectivity index (χ0) is 12.8. The predicted octanol–water partition coefficient (Wildman–Crippen LogP) is 2.47. The molecule has 0 saturated carbocycles. The Morgan fingerprint density at radius 2 is 1.71 bits per heavy atom. The van der Waals surface area contributed by atoms with Gasteiger partial charge in [-0.2, -0.15) is 0 Å². The van der Waals surface area contributed by atoms with Crippen molar-refractivity contribution < 1.29 is 4.74 Å². The van der Waals surface area contributed by atoms with Crippen molar-refractivity contribution in [1.29, 1.82) is 0 Å². The highest BCUT2D eigenvalue weighted by atomic mass is 35.5. The third kappa shape index (κ3) is 4.03. The van der Waals surface area contributed by atoms with Crippen LogP contribution in [-0.4, -0.2) is 20.2 Å². The van der Waals surface area contributed by atoms with Crippen LogP contribution in [0.1, 0.15) is 12.0 Å². The van der Waals surface area contributed by atoms with Crippen molar-refractivity contribution in [3.8, 4) is 5.75 Å². The summed E-state index contributed by atoms with van der Waals surface area (Å²) in [4.78, 5) is 0. The average molecular weight is 277 g/mol. The second-order valence-electron chi connectivity index (χ2n) is 3.97. The molecule has 1 aromatic rings. The van der Waals surface area contributed by atoms with Crippen LogP contribution in [0, 0.1) is 5.92 Å². The summed E-state index contributed by atoms with van der Waals surface area (Å²) in [5.74, 6) is 0.862. The molecule has 0 bridgehead atoms. The quantitative estimate of drug-likeness (QED) is 0.839. The van der Waals surface area contributed by atoms with Crippen LogP contribution in [0.25, 0.3) is 0 Å². The fourth-order valence-corrected chi connectivity index (χ4v) is 2.34. The molecule has 0 amide bonds. The largest absolute Gasteiger partial charge is 0.494 e. The maximum Gasteiger partial charge on any atom is 0.156 e. The van der Waals surface area contributed by atoms with Crippen LogP contribution in [0.3, 0.4) is 0 Å². The monoisotopic (exact) mass is 276 g/mol. The topological polar surface area (TPSA) is 61.3 Å². The highest BCUT2D eigenvalue weighted by Gasteiger charge is 2.10. The van der Waals surface area contributed by atoms with E-state index in [0.717, 1.165) is 18.4 Å². The van der Waals surface area contributed by atoms with Crippen molar-refractivity contribution in [2.45, 2.75) is 12.8 Å². The Morgan fingerprint density at radius 3 is 2.12 bits per heavy atom. The van der Waals surface area contributed by atoms with E-state index < -0.39 is 0 Å². The third-order valence-corrected chi connectivity index (χ3v) is 3.33. The van der Waals surface area contributed by atoms with Gasteiger partial charge in [0.25, 0.3) is 0 Å². The summed E-state index contributed by atoms with van der Waals surface area (Å²) in [6.45, 7) is 1.21. The summed E-state index contributed by atoms with van der Waals surface area (Å²) in [5.41, 5.74) is 12.3. The van der Waals surface area contributed by atoms with Gasteiger partial charge in [0.1, 0.15) is 0 Å². The first-order valence-corrected chi connectivity index (χ1v) is 6.30. The summed E-state index contributed by atoms with van der Waals surface area (Å²) in [7, 11) is 1.55. The molecule has 0 fully saturated rings. The molecule has 3 nitrogen and oxygen atoms in total. The molecular weight excluding hydrogens is 259 g/mol. The minimum Gasteiger partial charge on any atom is -0.494 e. The standard InChI is InChI=1S/C12H18Cl2N2O/c1-17-12-10(13)4-8(5-11(12)14)2-3-9(6-15)7-16/h4-5,9H,2-3,6-7,15-16H2,1H3. The Bertz CT molecular complexity index is 345. The normalized spacial score (nSPS) is 10.9. The van der Waals surface area contributed by atoms with Crippen molar-refractivity contribution in [2.24, 2.45) is 17.4 Å². The Balaban J connectivity index is 2.73. The third-order valence-electron chi connectivity index (χ3n) is 2.77. The Morgan fingerprint density at radius 1 is 1.18 bits per heavy atom. The maximum absolute atomic E-state index is 6.06. The molecule has 17 heavy (non-hydrogen) atoms. The number of halogens is 2. The highest BCUT2D eigenvalue weighted by molar-refractivity contribution is 6.37. The van der Waals surface area contributed by atoms with Crippen LogP contribution < -0.4 is 16.2 Å². The number of aryl methyl sites for hydroxylation is 1. The van der Waals surface area contributed by atoms with E-state index in [1.807, 2.05) is 12.1 Å². The van der Waals surface area contributed by atoms with E-state index in [2.05, 4.69) is 0 Å². The zero-order valence-corrected chi connectivity index (χ0v) is 11.4. The van der Waals surface area contributed by atoms with Gasteiger partial charge in [-0.1, -0.05) is 23.2 Å². The van der Waals surface area contributed by atoms with Crippen molar-refractivity contribution in [3.05, 3.63) is 27.7 Å². The molecule has 0 heterocycles. The first-order chi connectivity index (χ1) is 8.12. The number of hydrogen-bond donors (Lipinski definition) is 2. The number of rotatable bonds is 6. The van der Waals surface area contributed by atoms with Crippen LogP contribution in [0.2, 0.25) is 10.0 Å². The van der Waals surface area contributed by atoms with Gasteiger partial charge in [0.2, 0.25) is 0 Å². The first kappa shape index (κ1) is 14.6. The van der Waals surface area contributed by atoms with Gasteiger partial charge in [-0.05, 0) is 49.5 Å². The molecule has 5 heteroatoms. The summed E-state index contributed by atoms with van der Waals surface area (Å²) in [6.07, 6.45) is 1.80. The van der Waals surface area contributed by atoms with Gasteiger partial charge in [0.15, 0.2) is 5.75 Å². The van der Waals surface area contributed by atoms with Crippen molar-refractivity contribution in [2.75, 3.05) is 20.2 Å². The summed E-state index contributed by atoms with van der Waals surface area (Å²) < 4.78 is 5.09. The molecule has 1 aromatic carbocycles. The molecule has 0 radical (unpaired) electrons. The molecule has 0 unspecified atom stereocenters. The Hall–Kier alpha value is -0.480. The van der Waals surface area contributed by atoms with Gasteiger partial charge in [0.05, 0.1) is 17.2 Å². The summed E-state index contributed by atoms with van der Waals surface area (Å²) in [6, 6.07) is 3.74. The predicted molar refractivity (Wildman–Crippen MR) is 72.9 cm³/mol. The van der Waals surface area contributed by atoms with Crippen LogP contribution in [0.5, 0.6) is 5.75 Å². The van der Waals surface area contributed by atoms with E-state index in [1.165, 1.54) is 0 Å². The second-order valence-corrected chi connectivity index (χ2v) is 4.78. The van der Waals surface area contributed by atoms with Gasteiger partial charge in [-0.15, -0.1) is 0 Å². The molecule has 0 aliphatic rings. The van der Waals surface area contributed by atoms with Crippen molar-refractivity contribution in [3.63, 3.8) is 0 Å². The van der Waals surface area contributed by atoms with Gasteiger partial charge in [-0.3, -0.25) is 0 Å². The lowest BCUT2D eigenvalue weighted by molar-refractivity contribution is 0.415. The molecular formula is C12H18Cl2N2O. The maximum atomic E-state index is 6.06. The van der Waals surface area contributed by atoms with Crippen LogP contribution >= 0.6 is 23.2 Å². The SMILES string of the molecule is COc1c(Cl)cc(CCC(CN)CN)cc1Cl. The lowest BCUT2D eigenvalue weighted by Gasteiger charge is -2.13. The van der Waals surface area contributed by atoms with Gasteiger partial charge < -0.3 is 16.2 Å². The average Bonchev–Trinajstić information content (AvgIpc) is 2.30. The summed E-state index contributed by atoms with van der Waals surface area (Å²) >= 11 is 12.1. The fraction of sp³-hybridized carbons (Fsp3) is 0.500. The second kappa shape index (κ2) is 7.07. The molecule has 0 aliphatic carbocycles. The van der Waals surface area contributed by atoms with E-state index in [-0.39, 0.29) is 0 Å². The lowest BCUT2D eigenvalue weighted by Crippen LogP contribution is -2.23. The van der Waals surface area contributed by atoms with Gasteiger partial charge in [-0.25, -0.2) is 0 Å². The Labute approximate surface area is 112 Å². The van der Waals surface area contributed by atoms with Crippen molar-refractivity contribution in [1.82, 2.24) is 0 Å². The first-order valence-electron chi connectivity index (χ1n) is 5.54. The molecule has 0 aromatic heterocycles. The van der Waals surface area contributed by atoms with Crippen LogP contribution in [0.15, 0.2) is 12.1 Å². The number of hydrogen-bond acceptors (Lipinski definition) is 3. The lowest BCUT2D eigenvalue weighted by atomic mass is 9.99. The van der Waals surface area contributed by atoms with E-state index >= 15 is 0 Å². The van der Waals surface area contributed by atoms with Crippen LogP contribution in [0.4, 0.5) is 0 Å². The minimum absolute atomic E-state index is 0.342. The van der Waals surface area contributed by atoms with E-state index in [4.69, 9.17) is 39.4 Å². The number of nitrogens with two attached hydrogens (primary N) is 2. The zero-order valence-electron chi connectivity index (χ0n) is 9.88. The fourth-order valence-electron chi connectivity index (χ4n) is 1.65. The molecule has 96 valence electrons. The highest BCUT2D eigenvalue weighted by Crippen LogP contribution is 2.34. The van der Waals surface area contributed by atoms with E-state index in [1.54, 1.807) is 7.11 Å². The molecule has 0 atom stereocenters. The van der Waals surface area contributed by atoms with Gasteiger partial charge in [0, 0.05) is 0 Å².